The van der Waals surface area contributed by atoms with Gasteiger partial charge in [0.15, 0.2) is 24.4 Å². The number of furan rings is 3. The number of carbonyl (C=O) groups is 6. The Bertz CT molecular complexity index is 1810. The number of carboxylic acid groups (broad SMARTS) is 1. The lowest BCUT2D eigenvalue weighted by atomic mass is 10.1. The molecule has 19 nitrogen and oxygen atoms in total. The Hall–Kier alpha value is -5.50. The van der Waals surface area contributed by atoms with Gasteiger partial charge >= 0.3 is 35.8 Å². The zero-order chi connectivity index (χ0) is 35.1. The van der Waals surface area contributed by atoms with Crippen LogP contribution < -0.4 is 0 Å². The number of hydrogen-bond acceptors (Lipinski definition) is 18. The molecule has 4 saturated heterocycles. The van der Waals surface area contributed by atoms with Crippen molar-refractivity contribution in [1.29, 1.82) is 0 Å². The van der Waals surface area contributed by atoms with E-state index in [9.17, 15) is 28.8 Å². The number of fused-ring (bicyclic) bond motifs is 2. The highest BCUT2D eigenvalue weighted by Gasteiger charge is 2.53. The summed E-state index contributed by atoms with van der Waals surface area (Å²) < 4.78 is 64.5. The number of methoxy groups -OCH3 is 1. The van der Waals surface area contributed by atoms with Gasteiger partial charge in [-0.2, -0.15) is 0 Å². The summed E-state index contributed by atoms with van der Waals surface area (Å²) in [6.07, 6.45) is -6.66. The molecule has 264 valence electrons. The van der Waals surface area contributed by atoms with Gasteiger partial charge in [-0.25, -0.2) is 28.8 Å². The van der Waals surface area contributed by atoms with Crippen LogP contribution in [0, 0.1) is 0 Å². The van der Waals surface area contributed by atoms with Crippen LogP contribution in [0.2, 0.25) is 0 Å². The Labute approximate surface area is 279 Å². The molecule has 0 amide bonds. The molecule has 0 aromatic carbocycles. The van der Waals surface area contributed by atoms with E-state index in [4.69, 9.17) is 56.3 Å². The number of ether oxygens (including phenoxy) is 9. The van der Waals surface area contributed by atoms with Crippen molar-refractivity contribution in [2.75, 3.05) is 33.5 Å². The van der Waals surface area contributed by atoms with Gasteiger partial charge in [-0.05, 0) is 36.4 Å². The number of aromatic carboxylic acids is 1. The molecule has 1 N–H and O–H groups in total. The van der Waals surface area contributed by atoms with Crippen molar-refractivity contribution in [3.63, 3.8) is 0 Å². The second-order valence-electron chi connectivity index (χ2n) is 11.3. The van der Waals surface area contributed by atoms with Gasteiger partial charge in [-0.15, -0.1) is 0 Å². The van der Waals surface area contributed by atoms with Crippen LogP contribution in [0.15, 0.2) is 49.6 Å². The molecular formula is C31H26O19. The highest BCUT2D eigenvalue weighted by atomic mass is 16.7. The summed E-state index contributed by atoms with van der Waals surface area (Å²) in [5.41, 5.74) is 0. The monoisotopic (exact) mass is 702 g/mol. The summed E-state index contributed by atoms with van der Waals surface area (Å²) >= 11 is 0. The molecule has 7 rings (SSSR count). The smallest absolute Gasteiger partial charge is 0.374 e. The molecule has 8 atom stereocenters. The average Bonchev–Trinajstić information content (AvgIpc) is 3.94. The molecule has 0 aliphatic carbocycles. The Balaban J connectivity index is 0.885. The molecule has 7 heterocycles. The van der Waals surface area contributed by atoms with E-state index in [2.05, 4.69) is 4.74 Å². The van der Waals surface area contributed by atoms with Crippen LogP contribution in [0.3, 0.4) is 0 Å². The highest BCUT2D eigenvalue weighted by molar-refractivity contribution is 5.92. The normalized spacial score (nSPS) is 28.0. The summed E-state index contributed by atoms with van der Waals surface area (Å²) in [5, 5.41) is 8.97. The van der Waals surface area contributed by atoms with E-state index in [1.165, 1.54) is 31.4 Å². The van der Waals surface area contributed by atoms with Crippen molar-refractivity contribution in [2.24, 2.45) is 0 Å². The first-order valence-electron chi connectivity index (χ1n) is 15.0. The molecule has 50 heavy (non-hydrogen) atoms. The van der Waals surface area contributed by atoms with E-state index in [1.54, 1.807) is 0 Å². The first-order chi connectivity index (χ1) is 24.1. The third kappa shape index (κ3) is 6.33. The van der Waals surface area contributed by atoms with E-state index < -0.39 is 90.4 Å². The topological polar surface area (TPSA) is 245 Å². The summed E-state index contributed by atoms with van der Waals surface area (Å²) in [6.45, 7) is -0.317. The minimum Gasteiger partial charge on any atom is -0.475 e. The van der Waals surface area contributed by atoms with Crippen LogP contribution in [0.5, 0.6) is 0 Å². The molecule has 0 saturated carbocycles. The lowest BCUT2D eigenvalue weighted by molar-refractivity contribution is -0.0316. The summed E-state index contributed by atoms with van der Waals surface area (Å²) in [5.74, 6) is -7.52. The second-order valence-corrected chi connectivity index (χ2v) is 11.3. The van der Waals surface area contributed by atoms with Gasteiger partial charge in [0.05, 0.1) is 33.5 Å². The first kappa shape index (κ1) is 33.0. The third-order valence-corrected chi connectivity index (χ3v) is 8.18. The standard InChI is InChI=1S/C31H26O19/c1-39-27(34)13-4-5-15(45-13)29(36)48-19-9-42-25-21(11-43-23(19)25)50-31(38)17-7-6-16(46-17)30(37)49-20-10-41-22-18(8-40-24(20)22)47-28(35)14-3-2-12(44-14)26(32)33/h2-7,18-25H,8-11H2,1H3,(H,32,33)/t18-,19-,20-,21-,22?,23?,24?,25?/m0/s1. The lowest BCUT2D eigenvalue weighted by Gasteiger charge is -2.17. The second kappa shape index (κ2) is 13.4. The minimum atomic E-state index is -1.35. The van der Waals surface area contributed by atoms with Gasteiger partial charge in [0.25, 0.3) is 0 Å². The van der Waals surface area contributed by atoms with Crippen LogP contribution >= 0.6 is 0 Å². The van der Waals surface area contributed by atoms with Crippen molar-refractivity contribution in [1.82, 2.24) is 0 Å². The quantitative estimate of drug-likeness (QED) is 0.229. The van der Waals surface area contributed by atoms with Crippen LogP contribution in [0.4, 0.5) is 0 Å². The van der Waals surface area contributed by atoms with E-state index in [0.29, 0.717) is 0 Å². The number of carbonyl (C=O) groups excluding carboxylic acids is 5. The van der Waals surface area contributed by atoms with Crippen molar-refractivity contribution in [3.8, 4) is 0 Å². The van der Waals surface area contributed by atoms with Gasteiger partial charge < -0.3 is 61.0 Å². The maximum atomic E-state index is 12.9. The molecule has 0 bridgehead atoms. The van der Waals surface area contributed by atoms with Gasteiger partial charge in [0, 0.05) is 0 Å². The number of carboxylic acids is 1. The summed E-state index contributed by atoms with van der Waals surface area (Å²) in [7, 11) is 1.17. The fourth-order valence-corrected chi connectivity index (χ4v) is 5.82. The van der Waals surface area contributed by atoms with Crippen LogP contribution in [-0.4, -0.2) is 123 Å². The fraction of sp³-hybridized carbons (Fsp3) is 0.419. The Morgan fingerprint density at radius 3 is 1.00 bits per heavy atom. The van der Waals surface area contributed by atoms with Crippen molar-refractivity contribution < 1.29 is 89.8 Å². The molecular weight excluding hydrogens is 676 g/mol. The Morgan fingerprint density at radius 1 is 0.480 bits per heavy atom. The average molecular weight is 703 g/mol. The number of rotatable bonds is 10. The molecule has 4 unspecified atom stereocenters. The minimum absolute atomic E-state index is 0.0618. The molecule has 3 aromatic rings. The number of hydrogen-bond donors (Lipinski definition) is 1. The third-order valence-electron chi connectivity index (χ3n) is 8.18. The fourth-order valence-electron chi connectivity index (χ4n) is 5.82. The van der Waals surface area contributed by atoms with Gasteiger partial charge in [0.1, 0.15) is 24.4 Å². The molecule has 19 heteroatoms. The van der Waals surface area contributed by atoms with Crippen LogP contribution in [-0.2, 0) is 42.6 Å². The van der Waals surface area contributed by atoms with E-state index >= 15 is 0 Å². The predicted octanol–water partition coefficient (Wildman–Crippen LogP) is 1.05. The highest BCUT2D eigenvalue weighted by Crippen LogP contribution is 2.33. The largest absolute Gasteiger partial charge is 0.475 e. The maximum absolute atomic E-state index is 12.9. The molecule has 0 spiro atoms. The molecule has 4 aliphatic heterocycles. The van der Waals surface area contributed by atoms with Crippen molar-refractivity contribution in [2.45, 2.75) is 48.8 Å². The molecule has 4 aliphatic rings. The van der Waals surface area contributed by atoms with Crippen LogP contribution in [0.1, 0.15) is 63.3 Å². The summed E-state index contributed by atoms with van der Waals surface area (Å²) in [6, 6.07) is 7.25. The molecule has 4 fully saturated rings. The molecule has 3 aromatic heterocycles. The van der Waals surface area contributed by atoms with Crippen molar-refractivity contribution in [3.05, 3.63) is 71.0 Å². The Kier molecular flexibility index (Phi) is 8.87. The van der Waals surface area contributed by atoms with E-state index in [1.807, 2.05) is 0 Å². The van der Waals surface area contributed by atoms with E-state index in [-0.39, 0.29) is 55.2 Å². The first-order valence-corrected chi connectivity index (χ1v) is 15.0. The predicted molar refractivity (Wildman–Crippen MR) is 150 cm³/mol. The van der Waals surface area contributed by atoms with E-state index in [0.717, 1.165) is 12.1 Å². The maximum Gasteiger partial charge on any atom is 0.374 e. The van der Waals surface area contributed by atoms with Gasteiger partial charge in [-0.1, -0.05) is 0 Å². The zero-order valence-corrected chi connectivity index (χ0v) is 25.7. The summed E-state index contributed by atoms with van der Waals surface area (Å²) in [4.78, 5) is 73.3. The zero-order valence-electron chi connectivity index (χ0n) is 25.7. The Morgan fingerprint density at radius 2 is 0.740 bits per heavy atom. The van der Waals surface area contributed by atoms with Gasteiger partial charge in [-0.3, -0.25) is 0 Å². The van der Waals surface area contributed by atoms with Crippen molar-refractivity contribution >= 4 is 35.8 Å². The molecule has 0 radical (unpaired) electrons. The SMILES string of the molecule is COC(=O)c1ccc(C(=O)O[C@H]2COC3C2OC[C@@H]3OC(=O)c2ccc(C(=O)O[C@H]3COC4C3OC[C@@H]4OC(=O)c3ccc(C(=O)O)o3)o2)o1. The number of esters is 5. The van der Waals surface area contributed by atoms with Gasteiger partial charge in [0.2, 0.25) is 34.6 Å². The van der Waals surface area contributed by atoms with Crippen LogP contribution in [0.25, 0.3) is 0 Å². The lowest BCUT2D eigenvalue weighted by Crippen LogP contribution is -2.36.